The summed E-state index contributed by atoms with van der Waals surface area (Å²) in [5.41, 5.74) is 0.998. The average molecular weight is 343 g/mol. The maximum Gasteiger partial charge on any atom is 0.324 e. The van der Waals surface area contributed by atoms with E-state index in [4.69, 9.17) is 0 Å². The number of nitrogens with one attached hydrogen (secondary N) is 1. The molecule has 2 aliphatic rings. The Bertz CT molecular complexity index is 772. The van der Waals surface area contributed by atoms with Crippen molar-refractivity contribution < 1.29 is 9.59 Å². The lowest BCUT2D eigenvalue weighted by molar-refractivity contribution is -0.124. The van der Waals surface area contributed by atoms with Gasteiger partial charge in [-0.3, -0.25) is 14.3 Å². The number of carbonyl (C=O) groups excluding carboxylic acids is 2. The van der Waals surface area contributed by atoms with Crippen molar-refractivity contribution in [3.63, 3.8) is 0 Å². The van der Waals surface area contributed by atoms with E-state index in [1.165, 1.54) is 16.7 Å². The predicted molar refractivity (Wildman–Crippen MR) is 89.2 cm³/mol. The van der Waals surface area contributed by atoms with Gasteiger partial charge in [0.2, 0.25) is 5.91 Å². The maximum absolute atomic E-state index is 12.2. The molecular weight excluding hydrogens is 326 g/mol. The molecule has 0 spiro atoms. The van der Waals surface area contributed by atoms with Gasteiger partial charge in [0, 0.05) is 24.7 Å². The third-order valence-electron chi connectivity index (χ3n) is 4.10. The predicted octanol–water partition coefficient (Wildman–Crippen LogP) is 1.79. The Kier molecular flexibility index (Phi) is 3.97. The van der Waals surface area contributed by atoms with Gasteiger partial charge < -0.3 is 5.32 Å². The molecule has 2 aromatic rings. The van der Waals surface area contributed by atoms with E-state index in [9.17, 15) is 9.59 Å². The zero-order chi connectivity index (χ0) is 16.5. The molecule has 1 aliphatic heterocycles. The highest BCUT2D eigenvalue weighted by Crippen LogP contribution is 2.41. The molecule has 24 heavy (non-hydrogen) atoms. The number of aromatic nitrogens is 3. The molecule has 124 valence electrons. The summed E-state index contributed by atoms with van der Waals surface area (Å²) in [5.74, 6) is 1.37. The second kappa shape index (κ2) is 6.27. The molecule has 1 saturated heterocycles. The molecule has 7 nitrogen and oxygen atoms in total. The highest BCUT2D eigenvalue weighted by molar-refractivity contribution is 7.99. The van der Waals surface area contributed by atoms with Crippen LogP contribution in [0.2, 0.25) is 0 Å². The average Bonchev–Trinajstić information content (AvgIpc) is 3.22. The summed E-state index contributed by atoms with van der Waals surface area (Å²) in [6, 6.07) is 9.61. The van der Waals surface area contributed by atoms with Crippen molar-refractivity contribution in [1.29, 1.82) is 0 Å². The van der Waals surface area contributed by atoms with Crippen molar-refractivity contribution in [3.05, 3.63) is 36.2 Å². The largest absolute Gasteiger partial charge is 0.336 e. The Labute approximate surface area is 143 Å². The number of para-hydroxylation sites is 1. The van der Waals surface area contributed by atoms with E-state index in [2.05, 4.69) is 15.5 Å². The first-order chi connectivity index (χ1) is 11.7. The molecule has 4 rings (SSSR count). The number of nitrogens with zero attached hydrogens (tertiary/aromatic N) is 4. The standard InChI is InChI=1S/C16H17N5O2S/c22-13(20-9-8-17-15(20)23)10-24-16-19-18-14(11-6-7-11)21(16)12-4-2-1-3-5-12/h1-5,11H,6-10H2,(H,17,23). The van der Waals surface area contributed by atoms with Crippen LogP contribution in [0.5, 0.6) is 0 Å². The summed E-state index contributed by atoms with van der Waals surface area (Å²) >= 11 is 1.32. The zero-order valence-corrected chi connectivity index (χ0v) is 13.8. The molecule has 0 atom stereocenters. The van der Waals surface area contributed by atoms with Gasteiger partial charge in [-0.15, -0.1) is 10.2 Å². The highest BCUT2D eigenvalue weighted by atomic mass is 32.2. The van der Waals surface area contributed by atoms with E-state index in [0.717, 1.165) is 24.4 Å². The number of hydrogen-bond donors (Lipinski definition) is 1. The van der Waals surface area contributed by atoms with Crippen LogP contribution in [-0.4, -0.2) is 50.4 Å². The van der Waals surface area contributed by atoms with Crippen LogP contribution in [0.15, 0.2) is 35.5 Å². The molecule has 0 radical (unpaired) electrons. The second-order valence-electron chi connectivity index (χ2n) is 5.85. The SMILES string of the molecule is O=C(CSc1nnc(C2CC2)n1-c1ccccc1)N1CCNC1=O. The first-order valence-electron chi connectivity index (χ1n) is 7.96. The quantitative estimate of drug-likeness (QED) is 0.837. The number of thioether (sulfide) groups is 1. The lowest BCUT2D eigenvalue weighted by atomic mass is 10.3. The normalized spacial score (nSPS) is 17.2. The monoisotopic (exact) mass is 343 g/mol. The van der Waals surface area contributed by atoms with Crippen LogP contribution in [-0.2, 0) is 4.79 Å². The summed E-state index contributed by atoms with van der Waals surface area (Å²) in [5, 5.41) is 11.9. The summed E-state index contributed by atoms with van der Waals surface area (Å²) in [6.45, 7) is 0.943. The highest BCUT2D eigenvalue weighted by Gasteiger charge is 2.32. The van der Waals surface area contributed by atoms with Crippen LogP contribution in [0.4, 0.5) is 4.79 Å². The van der Waals surface area contributed by atoms with E-state index in [1.807, 2.05) is 34.9 Å². The number of rotatable bonds is 5. The molecule has 1 aromatic heterocycles. The lowest BCUT2D eigenvalue weighted by Gasteiger charge is -2.12. The minimum Gasteiger partial charge on any atom is -0.336 e. The van der Waals surface area contributed by atoms with E-state index < -0.39 is 0 Å². The minimum atomic E-state index is -0.316. The van der Waals surface area contributed by atoms with Crippen molar-refractivity contribution in [2.75, 3.05) is 18.8 Å². The van der Waals surface area contributed by atoms with E-state index >= 15 is 0 Å². The van der Waals surface area contributed by atoms with Gasteiger partial charge >= 0.3 is 6.03 Å². The Morgan fingerprint density at radius 1 is 1.25 bits per heavy atom. The maximum atomic E-state index is 12.2. The molecule has 2 heterocycles. The molecule has 3 amide bonds. The van der Waals surface area contributed by atoms with Crippen molar-refractivity contribution in [1.82, 2.24) is 25.0 Å². The van der Waals surface area contributed by atoms with Crippen LogP contribution in [0.1, 0.15) is 24.6 Å². The van der Waals surface area contributed by atoms with Crippen molar-refractivity contribution >= 4 is 23.7 Å². The fourth-order valence-electron chi connectivity index (χ4n) is 2.71. The number of carbonyl (C=O) groups is 2. The van der Waals surface area contributed by atoms with Gasteiger partial charge in [0.15, 0.2) is 5.16 Å². The summed E-state index contributed by atoms with van der Waals surface area (Å²) in [4.78, 5) is 25.0. The molecule has 2 fully saturated rings. The summed E-state index contributed by atoms with van der Waals surface area (Å²) in [7, 11) is 0. The van der Waals surface area contributed by atoms with E-state index in [-0.39, 0.29) is 17.7 Å². The van der Waals surface area contributed by atoms with Gasteiger partial charge in [0.25, 0.3) is 0 Å². The lowest BCUT2D eigenvalue weighted by Crippen LogP contribution is -2.35. The molecule has 8 heteroatoms. The molecule has 1 N–H and O–H groups in total. The van der Waals surface area contributed by atoms with Gasteiger partial charge in [-0.25, -0.2) is 4.79 Å². The molecule has 1 aliphatic carbocycles. The molecule has 0 unspecified atom stereocenters. The first kappa shape index (κ1) is 15.2. The van der Waals surface area contributed by atoms with Crippen molar-refractivity contribution in [3.8, 4) is 5.69 Å². The number of urea groups is 1. The number of imide groups is 1. The molecular formula is C16H17N5O2S. The van der Waals surface area contributed by atoms with Crippen LogP contribution < -0.4 is 5.32 Å². The van der Waals surface area contributed by atoms with Crippen molar-refractivity contribution in [2.24, 2.45) is 0 Å². The van der Waals surface area contributed by atoms with Crippen molar-refractivity contribution in [2.45, 2.75) is 23.9 Å². The van der Waals surface area contributed by atoms with E-state index in [0.29, 0.717) is 24.2 Å². The fraction of sp³-hybridized carbons (Fsp3) is 0.375. The Morgan fingerprint density at radius 2 is 2.04 bits per heavy atom. The minimum absolute atomic E-state index is 0.170. The zero-order valence-electron chi connectivity index (χ0n) is 13.0. The topological polar surface area (TPSA) is 80.1 Å². The number of amides is 3. The molecule has 0 bridgehead atoms. The summed E-state index contributed by atoms with van der Waals surface area (Å²) < 4.78 is 2.03. The van der Waals surface area contributed by atoms with Crippen LogP contribution in [0.3, 0.4) is 0 Å². The Balaban J connectivity index is 1.55. The van der Waals surface area contributed by atoms with Crippen LogP contribution in [0, 0.1) is 0 Å². The Hall–Kier alpha value is -2.35. The second-order valence-corrected chi connectivity index (χ2v) is 6.79. The molecule has 1 aromatic carbocycles. The fourth-order valence-corrected chi connectivity index (χ4v) is 3.55. The summed E-state index contributed by atoms with van der Waals surface area (Å²) in [6.07, 6.45) is 2.25. The van der Waals surface area contributed by atoms with Gasteiger partial charge in [0.05, 0.1) is 5.75 Å². The smallest absolute Gasteiger partial charge is 0.324 e. The van der Waals surface area contributed by atoms with E-state index in [1.54, 1.807) is 0 Å². The van der Waals surface area contributed by atoms with Gasteiger partial charge in [-0.2, -0.15) is 0 Å². The molecule has 1 saturated carbocycles. The number of hydrogen-bond acceptors (Lipinski definition) is 5. The van der Waals surface area contributed by atoms with Crippen LogP contribution >= 0.6 is 11.8 Å². The third kappa shape index (κ3) is 2.89. The third-order valence-corrected chi connectivity index (χ3v) is 5.01. The van der Waals surface area contributed by atoms with Gasteiger partial charge in [0.1, 0.15) is 5.82 Å². The Morgan fingerprint density at radius 3 is 2.71 bits per heavy atom. The number of benzene rings is 1. The first-order valence-corrected chi connectivity index (χ1v) is 8.94. The van der Waals surface area contributed by atoms with Gasteiger partial charge in [-0.05, 0) is 25.0 Å². The van der Waals surface area contributed by atoms with Crippen LogP contribution in [0.25, 0.3) is 5.69 Å². The van der Waals surface area contributed by atoms with Gasteiger partial charge in [-0.1, -0.05) is 30.0 Å².